The zero-order chi connectivity index (χ0) is 20.4. The number of H-pyrrole nitrogens is 2. The van der Waals surface area contributed by atoms with E-state index in [9.17, 15) is 19.5 Å². The van der Waals surface area contributed by atoms with E-state index in [0.29, 0.717) is 45.6 Å². The summed E-state index contributed by atoms with van der Waals surface area (Å²) in [4.78, 5) is 42.3. The van der Waals surface area contributed by atoms with Gasteiger partial charge in [-0.05, 0) is 33.1 Å². The van der Waals surface area contributed by atoms with Crippen molar-refractivity contribution in [2.75, 3.05) is 32.9 Å². The fourth-order valence-electron chi connectivity index (χ4n) is 4.07. The lowest BCUT2D eigenvalue weighted by Crippen LogP contribution is -2.69. The average Bonchev–Trinajstić information content (AvgIpc) is 3.11. The van der Waals surface area contributed by atoms with Gasteiger partial charge in [-0.15, -0.1) is 0 Å². The third kappa shape index (κ3) is 3.98. The molecule has 3 heterocycles. The van der Waals surface area contributed by atoms with Crippen molar-refractivity contribution in [2.24, 2.45) is 0 Å². The number of aromatic amines is 2. The van der Waals surface area contributed by atoms with Crippen LogP contribution in [-0.4, -0.2) is 81.9 Å². The van der Waals surface area contributed by atoms with Crippen molar-refractivity contribution in [3.05, 3.63) is 22.4 Å². The van der Waals surface area contributed by atoms with E-state index in [-0.39, 0.29) is 24.1 Å². The average molecular weight is 396 g/mol. The summed E-state index contributed by atoms with van der Waals surface area (Å²) in [6.45, 7) is 5.18. The van der Waals surface area contributed by atoms with Crippen LogP contribution in [0.25, 0.3) is 0 Å². The molecule has 2 amide bonds. The Morgan fingerprint density at radius 3 is 2.71 bits per heavy atom. The molecule has 10 heteroatoms. The Morgan fingerprint density at radius 2 is 2.11 bits per heavy atom. The number of likely N-dealkylation sites (tertiary alicyclic amines) is 1. The highest BCUT2D eigenvalue weighted by Gasteiger charge is 2.54. The van der Waals surface area contributed by atoms with E-state index in [1.54, 1.807) is 4.90 Å². The van der Waals surface area contributed by atoms with E-state index >= 15 is 0 Å². The van der Waals surface area contributed by atoms with Gasteiger partial charge in [-0.1, -0.05) is 0 Å². The minimum atomic E-state index is -0.913. The molecule has 0 aromatic carbocycles. The molecule has 1 aromatic heterocycles. The van der Waals surface area contributed by atoms with Crippen LogP contribution in [0.1, 0.15) is 43.6 Å². The number of hydrogen-bond acceptors (Lipinski definition) is 6. The maximum absolute atomic E-state index is 12.5. The van der Waals surface area contributed by atoms with Gasteiger partial charge >= 0.3 is 5.69 Å². The van der Waals surface area contributed by atoms with Gasteiger partial charge in [0.25, 0.3) is 5.91 Å². The Morgan fingerprint density at radius 1 is 1.39 bits per heavy atom. The largest absolute Gasteiger partial charge is 0.388 e. The number of aliphatic hydroxyl groups excluding tert-OH is 1. The standard InChI is InChI=1S/C18H28N4O6/c1-3-27-11-13(23)21-17(2)6-9-28-18(15(17)25)4-7-22(8-5-18)14(24)12-10-19-16(26)20-12/h10,15,25H,3-9,11H2,1-2H3,(H,21,23)(H2,19,20,26)/t15-,17+/m1/s1. The normalized spacial score (nSPS) is 27.0. The molecular weight excluding hydrogens is 368 g/mol. The van der Waals surface area contributed by atoms with Crippen molar-refractivity contribution in [3.63, 3.8) is 0 Å². The monoisotopic (exact) mass is 396 g/mol. The highest BCUT2D eigenvalue weighted by Crippen LogP contribution is 2.40. The summed E-state index contributed by atoms with van der Waals surface area (Å²) in [5.74, 6) is -0.546. The van der Waals surface area contributed by atoms with E-state index in [0.717, 1.165) is 0 Å². The van der Waals surface area contributed by atoms with Gasteiger partial charge in [0.05, 0.1) is 11.1 Å². The van der Waals surface area contributed by atoms with Gasteiger partial charge in [0.2, 0.25) is 5.91 Å². The predicted octanol–water partition coefficient (Wildman–Crippen LogP) is -0.630. The fourth-order valence-corrected chi connectivity index (χ4v) is 4.07. The Kier molecular flexibility index (Phi) is 5.92. The Bertz CT molecular complexity index is 766. The van der Waals surface area contributed by atoms with E-state index in [2.05, 4.69) is 15.3 Å². The number of hydrogen-bond donors (Lipinski definition) is 4. The molecule has 2 fully saturated rings. The molecule has 1 aromatic rings. The van der Waals surface area contributed by atoms with E-state index in [1.165, 1.54) is 6.20 Å². The van der Waals surface area contributed by atoms with Crippen LogP contribution < -0.4 is 11.0 Å². The molecule has 3 rings (SSSR count). The van der Waals surface area contributed by atoms with Crippen molar-refractivity contribution in [1.82, 2.24) is 20.2 Å². The second kappa shape index (κ2) is 8.06. The highest BCUT2D eigenvalue weighted by atomic mass is 16.5. The number of nitrogens with zero attached hydrogens (tertiary/aromatic N) is 1. The maximum Gasteiger partial charge on any atom is 0.323 e. The molecule has 4 N–H and O–H groups in total. The first kappa shape index (κ1) is 20.6. The number of piperidine rings is 1. The molecule has 2 aliphatic heterocycles. The van der Waals surface area contributed by atoms with Crippen LogP contribution >= 0.6 is 0 Å². The summed E-state index contributed by atoms with van der Waals surface area (Å²) in [6, 6.07) is 0. The van der Waals surface area contributed by atoms with Gasteiger partial charge in [0.1, 0.15) is 18.4 Å². The number of rotatable bonds is 5. The van der Waals surface area contributed by atoms with E-state index < -0.39 is 22.9 Å². The Hall–Kier alpha value is -2.17. The number of aliphatic hydroxyl groups is 1. The number of carbonyl (C=O) groups excluding carboxylic acids is 2. The van der Waals surface area contributed by atoms with Gasteiger partial charge in [-0.25, -0.2) is 4.79 Å². The van der Waals surface area contributed by atoms with Crippen LogP contribution in [0.5, 0.6) is 0 Å². The second-order valence-electron chi connectivity index (χ2n) is 7.62. The van der Waals surface area contributed by atoms with Crippen molar-refractivity contribution >= 4 is 11.8 Å². The predicted molar refractivity (Wildman–Crippen MR) is 98.9 cm³/mol. The molecular formula is C18H28N4O6. The van der Waals surface area contributed by atoms with Crippen LogP contribution in [0.15, 0.2) is 11.0 Å². The molecule has 28 heavy (non-hydrogen) atoms. The van der Waals surface area contributed by atoms with Gasteiger partial charge in [-0.3, -0.25) is 9.59 Å². The summed E-state index contributed by atoms with van der Waals surface area (Å²) in [6.07, 6.45) is 1.80. The van der Waals surface area contributed by atoms with Crippen molar-refractivity contribution in [2.45, 2.75) is 50.4 Å². The summed E-state index contributed by atoms with van der Waals surface area (Å²) < 4.78 is 11.1. The van der Waals surface area contributed by atoms with Crippen molar-refractivity contribution < 1.29 is 24.2 Å². The first-order valence-electron chi connectivity index (χ1n) is 9.57. The van der Waals surface area contributed by atoms with Gasteiger partial charge in [0.15, 0.2) is 0 Å². The molecule has 0 saturated carbocycles. The third-order valence-electron chi connectivity index (χ3n) is 5.70. The second-order valence-corrected chi connectivity index (χ2v) is 7.62. The zero-order valence-electron chi connectivity index (χ0n) is 16.2. The SMILES string of the molecule is CCOCC(=O)N[C@@]1(C)CCOC2(CCN(C(=O)c3c[nH]c(=O)[nH]3)CC2)[C@@H]1O. The molecule has 0 aliphatic carbocycles. The minimum absolute atomic E-state index is 0.0518. The summed E-state index contributed by atoms with van der Waals surface area (Å²) in [7, 11) is 0. The molecule has 2 saturated heterocycles. The molecule has 156 valence electrons. The first-order valence-corrected chi connectivity index (χ1v) is 9.57. The topological polar surface area (TPSA) is 137 Å². The van der Waals surface area contributed by atoms with Crippen LogP contribution in [0.2, 0.25) is 0 Å². The highest BCUT2D eigenvalue weighted by molar-refractivity contribution is 5.92. The molecule has 0 bridgehead atoms. The lowest BCUT2D eigenvalue weighted by molar-refractivity contribution is -0.206. The molecule has 0 radical (unpaired) electrons. The molecule has 1 spiro atoms. The summed E-state index contributed by atoms with van der Waals surface area (Å²) in [5.41, 5.74) is -1.88. The molecule has 2 aliphatic rings. The zero-order valence-corrected chi connectivity index (χ0v) is 16.2. The molecule has 0 unspecified atom stereocenters. The number of imidazole rings is 1. The number of ether oxygens (including phenoxy) is 2. The summed E-state index contributed by atoms with van der Waals surface area (Å²) in [5, 5.41) is 14.0. The smallest absolute Gasteiger partial charge is 0.323 e. The number of carbonyl (C=O) groups is 2. The van der Waals surface area contributed by atoms with Crippen LogP contribution in [0, 0.1) is 0 Å². The van der Waals surface area contributed by atoms with Crippen molar-refractivity contribution in [3.8, 4) is 0 Å². The van der Waals surface area contributed by atoms with E-state index in [4.69, 9.17) is 9.47 Å². The minimum Gasteiger partial charge on any atom is -0.388 e. The van der Waals surface area contributed by atoms with Crippen LogP contribution in [-0.2, 0) is 14.3 Å². The maximum atomic E-state index is 12.5. The lowest BCUT2D eigenvalue weighted by atomic mass is 9.73. The van der Waals surface area contributed by atoms with Gasteiger partial charge in [-0.2, -0.15) is 0 Å². The Balaban J connectivity index is 1.65. The fraction of sp³-hybridized carbons (Fsp3) is 0.722. The van der Waals surface area contributed by atoms with Crippen LogP contribution in [0.4, 0.5) is 0 Å². The van der Waals surface area contributed by atoms with Gasteiger partial charge < -0.3 is 34.8 Å². The number of amides is 2. The number of aromatic nitrogens is 2. The van der Waals surface area contributed by atoms with E-state index in [1.807, 2.05) is 13.8 Å². The lowest BCUT2D eigenvalue weighted by Gasteiger charge is -2.53. The van der Waals surface area contributed by atoms with Gasteiger partial charge in [0, 0.05) is 32.5 Å². The molecule has 10 nitrogen and oxygen atoms in total. The van der Waals surface area contributed by atoms with Crippen LogP contribution in [0.3, 0.4) is 0 Å². The summed E-state index contributed by atoms with van der Waals surface area (Å²) >= 11 is 0. The first-order chi connectivity index (χ1) is 13.3. The quantitative estimate of drug-likeness (QED) is 0.523. The Labute approximate surface area is 162 Å². The number of nitrogens with one attached hydrogen (secondary N) is 3. The third-order valence-corrected chi connectivity index (χ3v) is 5.70. The molecule has 2 atom stereocenters. The van der Waals surface area contributed by atoms with Crippen molar-refractivity contribution in [1.29, 1.82) is 0 Å².